The van der Waals surface area contributed by atoms with Crippen LogP contribution in [0, 0.1) is 13.8 Å². The number of nitrogens with one attached hydrogen (secondary N) is 1. The van der Waals surface area contributed by atoms with Crippen LogP contribution in [0.5, 0.6) is 5.75 Å². The van der Waals surface area contributed by atoms with Gasteiger partial charge in [0.1, 0.15) is 5.75 Å². The summed E-state index contributed by atoms with van der Waals surface area (Å²) in [5.41, 5.74) is 4.10. The van der Waals surface area contributed by atoms with Crippen LogP contribution in [0.3, 0.4) is 0 Å². The van der Waals surface area contributed by atoms with Crippen LogP contribution in [-0.4, -0.2) is 61.6 Å². The Labute approximate surface area is 172 Å². The van der Waals surface area contributed by atoms with Crippen LogP contribution in [0.15, 0.2) is 42.5 Å². The molecule has 29 heavy (non-hydrogen) atoms. The Morgan fingerprint density at radius 2 is 1.66 bits per heavy atom. The fourth-order valence-corrected chi connectivity index (χ4v) is 3.55. The first kappa shape index (κ1) is 20.7. The number of amides is 3. The molecule has 1 N–H and O–H groups in total. The van der Waals surface area contributed by atoms with Crippen LogP contribution in [0.25, 0.3) is 0 Å². The van der Waals surface area contributed by atoms with Crippen molar-refractivity contribution in [3.63, 3.8) is 0 Å². The van der Waals surface area contributed by atoms with Crippen molar-refractivity contribution in [2.75, 3.05) is 39.8 Å². The van der Waals surface area contributed by atoms with Crippen molar-refractivity contribution in [2.45, 2.75) is 20.3 Å². The van der Waals surface area contributed by atoms with Crippen LogP contribution < -0.4 is 10.1 Å². The van der Waals surface area contributed by atoms with E-state index in [4.69, 9.17) is 4.74 Å². The van der Waals surface area contributed by atoms with Crippen molar-refractivity contribution < 1.29 is 14.3 Å². The van der Waals surface area contributed by atoms with E-state index in [1.54, 1.807) is 23.0 Å². The maximum atomic E-state index is 12.8. The highest BCUT2D eigenvalue weighted by atomic mass is 16.5. The van der Waals surface area contributed by atoms with Crippen LogP contribution in [0.4, 0.5) is 4.79 Å². The largest absolute Gasteiger partial charge is 0.496 e. The van der Waals surface area contributed by atoms with Gasteiger partial charge in [-0.15, -0.1) is 0 Å². The molecule has 2 aromatic rings. The molecule has 154 valence electrons. The summed E-state index contributed by atoms with van der Waals surface area (Å²) < 4.78 is 5.32. The number of hydrogen-bond donors (Lipinski definition) is 1. The third-order valence-electron chi connectivity index (χ3n) is 5.44. The summed E-state index contributed by atoms with van der Waals surface area (Å²) in [6.07, 6.45) is 0.812. The van der Waals surface area contributed by atoms with E-state index >= 15 is 0 Å². The number of piperazine rings is 1. The van der Waals surface area contributed by atoms with E-state index in [0.717, 1.165) is 12.0 Å². The summed E-state index contributed by atoms with van der Waals surface area (Å²) in [4.78, 5) is 28.8. The Kier molecular flexibility index (Phi) is 6.75. The van der Waals surface area contributed by atoms with Gasteiger partial charge in [-0.25, -0.2) is 4.79 Å². The number of urea groups is 1. The molecule has 1 heterocycles. The molecule has 6 heteroatoms. The van der Waals surface area contributed by atoms with E-state index in [0.29, 0.717) is 44.0 Å². The zero-order valence-corrected chi connectivity index (χ0v) is 17.4. The maximum Gasteiger partial charge on any atom is 0.317 e. The van der Waals surface area contributed by atoms with E-state index in [9.17, 15) is 9.59 Å². The smallest absolute Gasteiger partial charge is 0.317 e. The van der Waals surface area contributed by atoms with Crippen LogP contribution >= 0.6 is 0 Å². The number of methoxy groups -OCH3 is 1. The van der Waals surface area contributed by atoms with Gasteiger partial charge in [0.2, 0.25) is 0 Å². The van der Waals surface area contributed by atoms with E-state index in [1.165, 1.54) is 11.1 Å². The molecule has 0 aliphatic carbocycles. The zero-order chi connectivity index (χ0) is 20.8. The van der Waals surface area contributed by atoms with Gasteiger partial charge in [0, 0.05) is 38.3 Å². The molecule has 2 aromatic carbocycles. The van der Waals surface area contributed by atoms with E-state index in [1.807, 2.05) is 31.2 Å². The molecule has 0 aromatic heterocycles. The minimum Gasteiger partial charge on any atom is -0.496 e. The van der Waals surface area contributed by atoms with Gasteiger partial charge < -0.3 is 19.9 Å². The lowest BCUT2D eigenvalue weighted by atomic mass is 10.1. The topological polar surface area (TPSA) is 61.9 Å². The van der Waals surface area contributed by atoms with Crippen LogP contribution in [0.1, 0.15) is 27.0 Å². The highest BCUT2D eigenvalue weighted by Crippen LogP contribution is 2.20. The number of nitrogens with zero attached hydrogens (tertiary/aromatic N) is 2. The third kappa shape index (κ3) is 5.08. The monoisotopic (exact) mass is 395 g/mol. The molecule has 1 aliphatic rings. The summed E-state index contributed by atoms with van der Waals surface area (Å²) in [7, 11) is 1.60. The van der Waals surface area contributed by atoms with Gasteiger partial charge in [-0.1, -0.05) is 30.3 Å². The fraction of sp³-hybridized carbons (Fsp3) is 0.391. The first-order valence-corrected chi connectivity index (χ1v) is 10.0. The van der Waals surface area contributed by atoms with Gasteiger partial charge in [-0.3, -0.25) is 4.79 Å². The van der Waals surface area contributed by atoms with Crippen molar-refractivity contribution in [1.29, 1.82) is 0 Å². The Bertz CT molecular complexity index is 873. The highest BCUT2D eigenvalue weighted by Gasteiger charge is 2.25. The lowest BCUT2D eigenvalue weighted by Gasteiger charge is -2.34. The molecule has 3 rings (SSSR count). The Hall–Kier alpha value is -3.02. The molecule has 0 atom stereocenters. The lowest BCUT2D eigenvalue weighted by molar-refractivity contribution is 0.0665. The summed E-state index contributed by atoms with van der Waals surface area (Å²) in [5.74, 6) is 0.686. The minimum atomic E-state index is -0.0670. The van der Waals surface area contributed by atoms with Gasteiger partial charge in [-0.05, 0) is 49.1 Å². The molecule has 6 nitrogen and oxygen atoms in total. The molecular weight excluding hydrogens is 366 g/mol. The molecule has 0 spiro atoms. The van der Waals surface area contributed by atoms with Crippen LogP contribution in [-0.2, 0) is 6.42 Å². The summed E-state index contributed by atoms with van der Waals surface area (Å²) in [5, 5.41) is 2.99. The van der Waals surface area contributed by atoms with Gasteiger partial charge in [0.05, 0.1) is 7.11 Å². The quantitative estimate of drug-likeness (QED) is 0.847. The standard InChI is InChI=1S/C23H29N3O3/c1-17-6-4-5-7-19(17)10-11-24-23(28)26-14-12-25(13-15-26)22(27)20-9-8-18(2)21(16-20)29-3/h4-9,16H,10-15H2,1-3H3,(H,24,28). The van der Waals surface area contributed by atoms with Crippen molar-refractivity contribution in [3.8, 4) is 5.75 Å². The Morgan fingerprint density at radius 1 is 0.966 bits per heavy atom. The normalized spacial score (nSPS) is 13.9. The lowest BCUT2D eigenvalue weighted by Crippen LogP contribution is -2.53. The third-order valence-corrected chi connectivity index (χ3v) is 5.44. The average molecular weight is 396 g/mol. The Morgan fingerprint density at radius 3 is 2.34 bits per heavy atom. The van der Waals surface area contributed by atoms with E-state index in [2.05, 4.69) is 24.4 Å². The van der Waals surface area contributed by atoms with E-state index < -0.39 is 0 Å². The number of rotatable bonds is 5. The molecule has 0 saturated carbocycles. The molecule has 1 aliphatic heterocycles. The second-order valence-corrected chi connectivity index (χ2v) is 7.37. The molecule has 1 fully saturated rings. The fourth-order valence-electron chi connectivity index (χ4n) is 3.55. The maximum absolute atomic E-state index is 12.8. The van der Waals surface area contributed by atoms with Gasteiger partial charge >= 0.3 is 6.03 Å². The van der Waals surface area contributed by atoms with Crippen molar-refractivity contribution >= 4 is 11.9 Å². The molecule has 1 saturated heterocycles. The number of ether oxygens (including phenoxy) is 1. The number of carbonyl (C=O) groups excluding carboxylic acids is 2. The summed E-state index contributed by atoms with van der Waals surface area (Å²) in [6.45, 7) is 6.75. The van der Waals surface area contributed by atoms with E-state index in [-0.39, 0.29) is 11.9 Å². The number of hydrogen-bond acceptors (Lipinski definition) is 3. The van der Waals surface area contributed by atoms with Crippen LogP contribution in [0.2, 0.25) is 0 Å². The Balaban J connectivity index is 1.47. The number of benzene rings is 2. The van der Waals surface area contributed by atoms with Crippen molar-refractivity contribution in [2.24, 2.45) is 0 Å². The second kappa shape index (κ2) is 9.45. The summed E-state index contributed by atoms with van der Waals surface area (Å²) >= 11 is 0. The molecular formula is C23H29N3O3. The number of carbonyl (C=O) groups is 2. The van der Waals surface area contributed by atoms with Gasteiger partial charge in [0.25, 0.3) is 5.91 Å². The predicted octanol–water partition coefficient (Wildman–Crippen LogP) is 3.02. The van der Waals surface area contributed by atoms with Crippen molar-refractivity contribution in [1.82, 2.24) is 15.1 Å². The SMILES string of the molecule is COc1cc(C(=O)N2CCN(C(=O)NCCc3ccccc3C)CC2)ccc1C. The molecule has 0 radical (unpaired) electrons. The van der Waals surface area contributed by atoms with Gasteiger partial charge in [0.15, 0.2) is 0 Å². The summed E-state index contributed by atoms with van der Waals surface area (Å²) in [6, 6.07) is 13.6. The second-order valence-electron chi connectivity index (χ2n) is 7.37. The predicted molar refractivity (Wildman–Crippen MR) is 113 cm³/mol. The zero-order valence-electron chi connectivity index (χ0n) is 17.4. The minimum absolute atomic E-state index is 0.0251. The number of aryl methyl sites for hydroxylation is 2. The van der Waals surface area contributed by atoms with Gasteiger partial charge in [-0.2, -0.15) is 0 Å². The first-order chi connectivity index (χ1) is 14.0. The first-order valence-electron chi connectivity index (χ1n) is 10.0. The molecule has 0 unspecified atom stereocenters. The highest BCUT2D eigenvalue weighted by molar-refractivity contribution is 5.95. The molecule has 3 amide bonds. The average Bonchev–Trinajstić information content (AvgIpc) is 2.75. The van der Waals surface area contributed by atoms with Crippen molar-refractivity contribution in [3.05, 3.63) is 64.7 Å². The molecule has 0 bridgehead atoms.